The third-order valence-electron chi connectivity index (χ3n) is 5.92. The zero-order valence-electron chi connectivity index (χ0n) is 20.3. The Balaban J connectivity index is 1.58. The molecule has 0 unspecified atom stereocenters. The van der Waals surface area contributed by atoms with Gasteiger partial charge < -0.3 is 14.8 Å². The molecule has 7 heteroatoms. The van der Waals surface area contributed by atoms with Gasteiger partial charge in [-0.15, -0.1) is 0 Å². The maximum atomic E-state index is 13.2. The Labute approximate surface area is 199 Å². The van der Waals surface area contributed by atoms with E-state index >= 15 is 0 Å². The average Bonchev–Trinajstić information content (AvgIpc) is 3.19. The molecule has 0 aliphatic heterocycles. The first-order valence-corrected chi connectivity index (χ1v) is 11.4. The van der Waals surface area contributed by atoms with Crippen molar-refractivity contribution >= 4 is 16.9 Å². The highest BCUT2D eigenvalue weighted by atomic mass is 16.5. The van der Waals surface area contributed by atoms with E-state index in [2.05, 4.69) is 24.4 Å². The number of hydrogen-bond donors (Lipinski definition) is 1. The second-order valence-corrected chi connectivity index (χ2v) is 8.22. The number of aromatic nitrogens is 3. The van der Waals surface area contributed by atoms with Gasteiger partial charge >= 0.3 is 0 Å². The Morgan fingerprint density at radius 3 is 2.35 bits per heavy atom. The Kier molecular flexibility index (Phi) is 6.82. The Morgan fingerprint density at radius 1 is 0.971 bits per heavy atom. The summed E-state index contributed by atoms with van der Waals surface area (Å²) in [6.07, 6.45) is 1.64. The van der Waals surface area contributed by atoms with E-state index in [9.17, 15) is 4.79 Å². The number of nitrogens with zero attached hydrogens (tertiary/aromatic N) is 3. The molecule has 0 saturated heterocycles. The van der Waals surface area contributed by atoms with Gasteiger partial charge in [0.05, 0.1) is 36.6 Å². The summed E-state index contributed by atoms with van der Waals surface area (Å²) in [5, 5.41) is 8.53. The molecule has 0 spiro atoms. The maximum Gasteiger partial charge on any atom is 0.252 e. The first kappa shape index (κ1) is 23.3. The van der Waals surface area contributed by atoms with E-state index in [1.165, 1.54) is 5.56 Å². The summed E-state index contributed by atoms with van der Waals surface area (Å²) in [6.45, 7) is 6.43. The lowest BCUT2D eigenvalue weighted by atomic mass is 10.1. The van der Waals surface area contributed by atoms with Crippen LogP contribution >= 0.6 is 0 Å². The number of pyridine rings is 1. The number of hydrogen-bond acceptors (Lipinski definition) is 5. The number of rotatable bonds is 8. The van der Waals surface area contributed by atoms with Gasteiger partial charge in [-0.05, 0) is 68.1 Å². The molecule has 1 N–H and O–H groups in total. The molecule has 0 saturated carbocycles. The molecule has 0 aliphatic rings. The minimum atomic E-state index is -0.139. The van der Waals surface area contributed by atoms with Crippen LogP contribution in [0.25, 0.3) is 16.7 Å². The van der Waals surface area contributed by atoms with Crippen molar-refractivity contribution in [1.82, 2.24) is 20.1 Å². The summed E-state index contributed by atoms with van der Waals surface area (Å²) >= 11 is 0. The lowest BCUT2D eigenvalue weighted by molar-refractivity contribution is 0.0955. The maximum absolute atomic E-state index is 13.2. The number of benzene rings is 2. The minimum Gasteiger partial charge on any atom is -0.493 e. The standard InChI is InChI=1S/C27H30N4O3/c1-6-19-7-10-21(11-8-19)31-26-25(18(3)30-31)22(15-17(2)29-26)27(32)28-14-13-20-9-12-23(33-4)24(16-20)34-5/h7-12,15-16H,6,13-14H2,1-5H3,(H,28,32). The molecule has 0 aliphatic carbocycles. The van der Waals surface area contributed by atoms with Gasteiger partial charge in [0, 0.05) is 12.2 Å². The van der Waals surface area contributed by atoms with Crippen LogP contribution in [-0.2, 0) is 12.8 Å². The number of carbonyl (C=O) groups excluding carboxylic acids is 1. The van der Waals surface area contributed by atoms with Gasteiger partial charge in [0.25, 0.3) is 5.91 Å². The van der Waals surface area contributed by atoms with E-state index in [1.807, 2.05) is 54.9 Å². The fourth-order valence-electron chi connectivity index (χ4n) is 4.10. The number of ether oxygens (including phenoxy) is 2. The lowest BCUT2D eigenvalue weighted by Gasteiger charge is -2.11. The summed E-state index contributed by atoms with van der Waals surface area (Å²) in [6, 6.07) is 15.9. The highest BCUT2D eigenvalue weighted by Gasteiger charge is 2.19. The van der Waals surface area contributed by atoms with E-state index < -0.39 is 0 Å². The van der Waals surface area contributed by atoms with Crippen LogP contribution < -0.4 is 14.8 Å². The predicted molar refractivity (Wildman–Crippen MR) is 133 cm³/mol. The molecular weight excluding hydrogens is 428 g/mol. The van der Waals surface area contributed by atoms with E-state index in [-0.39, 0.29) is 5.91 Å². The first-order chi connectivity index (χ1) is 16.4. The molecule has 1 amide bonds. The molecular formula is C27H30N4O3. The Bertz CT molecular complexity index is 1330. The predicted octanol–water partition coefficient (Wildman–Crippen LogP) is 4.59. The molecule has 4 aromatic rings. The molecule has 0 fully saturated rings. The molecule has 2 aromatic carbocycles. The highest BCUT2D eigenvalue weighted by Crippen LogP contribution is 2.28. The minimum absolute atomic E-state index is 0.139. The lowest BCUT2D eigenvalue weighted by Crippen LogP contribution is -2.26. The van der Waals surface area contributed by atoms with Crippen molar-refractivity contribution in [2.75, 3.05) is 20.8 Å². The number of nitrogens with one attached hydrogen (secondary N) is 1. The van der Waals surface area contributed by atoms with Crippen molar-refractivity contribution in [3.63, 3.8) is 0 Å². The summed E-state index contributed by atoms with van der Waals surface area (Å²) in [4.78, 5) is 17.9. The summed E-state index contributed by atoms with van der Waals surface area (Å²) in [5.41, 5.74) is 6.05. The summed E-state index contributed by atoms with van der Waals surface area (Å²) < 4.78 is 12.5. The second kappa shape index (κ2) is 9.95. The van der Waals surface area contributed by atoms with Crippen molar-refractivity contribution in [1.29, 1.82) is 0 Å². The molecule has 0 atom stereocenters. The highest BCUT2D eigenvalue weighted by molar-refractivity contribution is 6.06. The van der Waals surface area contributed by atoms with Crippen molar-refractivity contribution in [3.05, 3.63) is 76.6 Å². The molecule has 4 rings (SSSR count). The van der Waals surface area contributed by atoms with Gasteiger partial charge in [-0.3, -0.25) is 4.79 Å². The third kappa shape index (κ3) is 4.59. The molecule has 2 heterocycles. The smallest absolute Gasteiger partial charge is 0.252 e. The van der Waals surface area contributed by atoms with E-state index in [1.54, 1.807) is 14.2 Å². The van der Waals surface area contributed by atoms with Crippen molar-refractivity contribution in [2.45, 2.75) is 33.6 Å². The Morgan fingerprint density at radius 2 is 1.68 bits per heavy atom. The molecule has 176 valence electrons. The van der Waals surface area contributed by atoms with Crippen LogP contribution in [0.3, 0.4) is 0 Å². The van der Waals surface area contributed by atoms with E-state index in [0.717, 1.165) is 34.4 Å². The van der Waals surface area contributed by atoms with Crippen LogP contribution in [-0.4, -0.2) is 41.4 Å². The van der Waals surface area contributed by atoms with Crippen LogP contribution in [0.2, 0.25) is 0 Å². The van der Waals surface area contributed by atoms with E-state index in [4.69, 9.17) is 19.6 Å². The second-order valence-electron chi connectivity index (χ2n) is 8.22. The van der Waals surface area contributed by atoms with Crippen LogP contribution in [0.15, 0.2) is 48.5 Å². The number of methoxy groups -OCH3 is 2. The number of amides is 1. The number of aryl methyl sites for hydroxylation is 3. The summed E-state index contributed by atoms with van der Waals surface area (Å²) in [5.74, 6) is 1.22. The molecule has 0 radical (unpaired) electrons. The van der Waals surface area contributed by atoms with Crippen molar-refractivity contribution in [3.8, 4) is 17.2 Å². The molecule has 0 bridgehead atoms. The number of fused-ring (bicyclic) bond motifs is 1. The Hall–Kier alpha value is -3.87. The number of carbonyl (C=O) groups is 1. The topological polar surface area (TPSA) is 78.3 Å². The SMILES string of the molecule is CCc1ccc(-n2nc(C)c3c(C(=O)NCCc4ccc(OC)c(OC)c4)cc(C)nc32)cc1. The van der Waals surface area contributed by atoms with Gasteiger partial charge in [-0.1, -0.05) is 25.1 Å². The van der Waals surface area contributed by atoms with Crippen LogP contribution in [0, 0.1) is 13.8 Å². The zero-order chi connectivity index (χ0) is 24.2. The zero-order valence-corrected chi connectivity index (χ0v) is 20.3. The van der Waals surface area contributed by atoms with Crippen molar-refractivity contribution in [2.24, 2.45) is 0 Å². The average molecular weight is 459 g/mol. The normalized spacial score (nSPS) is 11.0. The van der Waals surface area contributed by atoms with E-state index in [0.29, 0.717) is 35.7 Å². The van der Waals surface area contributed by atoms with Crippen molar-refractivity contribution < 1.29 is 14.3 Å². The van der Waals surface area contributed by atoms with Crippen LogP contribution in [0.4, 0.5) is 0 Å². The van der Waals surface area contributed by atoms with Crippen LogP contribution in [0.5, 0.6) is 11.5 Å². The van der Waals surface area contributed by atoms with Gasteiger partial charge in [0.15, 0.2) is 17.1 Å². The first-order valence-electron chi connectivity index (χ1n) is 11.4. The third-order valence-corrected chi connectivity index (χ3v) is 5.92. The van der Waals surface area contributed by atoms with Gasteiger partial charge in [0.2, 0.25) is 0 Å². The van der Waals surface area contributed by atoms with Gasteiger partial charge in [-0.2, -0.15) is 5.10 Å². The molecule has 34 heavy (non-hydrogen) atoms. The fraction of sp³-hybridized carbons (Fsp3) is 0.296. The largest absolute Gasteiger partial charge is 0.493 e. The summed E-state index contributed by atoms with van der Waals surface area (Å²) in [7, 11) is 3.22. The van der Waals surface area contributed by atoms with Gasteiger partial charge in [-0.25, -0.2) is 9.67 Å². The quantitative estimate of drug-likeness (QED) is 0.418. The molecule has 7 nitrogen and oxygen atoms in total. The fourth-order valence-corrected chi connectivity index (χ4v) is 4.10. The molecule has 2 aromatic heterocycles. The van der Waals surface area contributed by atoms with Crippen LogP contribution in [0.1, 0.15) is 39.8 Å². The monoisotopic (exact) mass is 458 g/mol. The van der Waals surface area contributed by atoms with Gasteiger partial charge in [0.1, 0.15) is 0 Å².